The molecule has 1 aromatic carbocycles. The van der Waals surface area contributed by atoms with Gasteiger partial charge in [0.05, 0.1) is 6.54 Å². The van der Waals surface area contributed by atoms with Crippen LogP contribution in [0.25, 0.3) is 11.5 Å². The maximum atomic E-state index is 12.2. The van der Waals surface area contributed by atoms with Crippen molar-refractivity contribution in [2.75, 3.05) is 0 Å². The van der Waals surface area contributed by atoms with Crippen LogP contribution in [0.5, 0.6) is 0 Å². The lowest BCUT2D eigenvalue weighted by molar-refractivity contribution is 0.494. The number of hydrogen-bond acceptors (Lipinski definition) is 6. The van der Waals surface area contributed by atoms with Crippen molar-refractivity contribution in [3.8, 4) is 11.5 Å². The summed E-state index contributed by atoms with van der Waals surface area (Å²) in [5.74, 6) is 0.501. The van der Waals surface area contributed by atoms with Gasteiger partial charge in [0.25, 0.3) is 10.0 Å². The van der Waals surface area contributed by atoms with Gasteiger partial charge in [0, 0.05) is 15.5 Å². The molecular formula is C15H14ClN3O3S2. The molecule has 126 valence electrons. The Labute approximate surface area is 148 Å². The van der Waals surface area contributed by atoms with Crippen LogP contribution in [0, 0.1) is 0 Å². The van der Waals surface area contributed by atoms with Crippen molar-refractivity contribution in [3.63, 3.8) is 0 Å². The first-order valence-corrected chi connectivity index (χ1v) is 9.82. The van der Waals surface area contributed by atoms with Gasteiger partial charge in [-0.05, 0) is 42.8 Å². The van der Waals surface area contributed by atoms with E-state index in [0.29, 0.717) is 16.5 Å². The number of hydrogen-bond donors (Lipinski definition) is 1. The summed E-state index contributed by atoms with van der Waals surface area (Å²) in [6.45, 7) is 1.91. The topological polar surface area (TPSA) is 85.1 Å². The fourth-order valence-corrected chi connectivity index (χ4v) is 4.40. The molecule has 0 amide bonds. The first kappa shape index (κ1) is 17.1. The second kappa shape index (κ2) is 7.02. The smallest absolute Gasteiger partial charge is 0.250 e. The summed E-state index contributed by atoms with van der Waals surface area (Å²) in [7, 11) is -3.59. The largest absolute Gasteiger partial charge is 0.419 e. The molecule has 6 nitrogen and oxygen atoms in total. The molecule has 1 N–H and O–H groups in total. The number of thiophene rings is 1. The molecule has 24 heavy (non-hydrogen) atoms. The van der Waals surface area contributed by atoms with E-state index in [2.05, 4.69) is 14.9 Å². The number of nitrogens with one attached hydrogen (secondary N) is 1. The molecule has 0 aliphatic carbocycles. The monoisotopic (exact) mass is 383 g/mol. The number of rotatable bonds is 6. The molecule has 0 fully saturated rings. The summed E-state index contributed by atoms with van der Waals surface area (Å²) in [6.07, 6.45) is 0.800. The number of nitrogens with zero attached hydrogens (tertiary/aromatic N) is 2. The van der Waals surface area contributed by atoms with E-state index >= 15 is 0 Å². The molecule has 0 saturated carbocycles. The van der Waals surface area contributed by atoms with Gasteiger partial charge in [0.2, 0.25) is 11.8 Å². The van der Waals surface area contributed by atoms with Crippen molar-refractivity contribution >= 4 is 33.0 Å². The predicted octanol–water partition coefficient (Wildman–Crippen LogP) is 3.49. The van der Waals surface area contributed by atoms with Gasteiger partial charge >= 0.3 is 0 Å². The van der Waals surface area contributed by atoms with E-state index in [4.69, 9.17) is 16.0 Å². The van der Waals surface area contributed by atoms with Crippen LogP contribution in [0.15, 0.2) is 45.0 Å². The highest BCUT2D eigenvalue weighted by Gasteiger charge is 2.18. The number of halogens is 1. The average molecular weight is 384 g/mol. The molecule has 0 spiro atoms. The molecule has 3 rings (SSSR count). The zero-order valence-electron chi connectivity index (χ0n) is 12.7. The SMILES string of the molecule is CCc1ccc(S(=O)(=O)NCc2nnc(-c3ccc(Cl)cc3)o2)s1. The van der Waals surface area contributed by atoms with Crippen LogP contribution in [-0.2, 0) is 23.0 Å². The van der Waals surface area contributed by atoms with Gasteiger partial charge in [-0.1, -0.05) is 18.5 Å². The fraction of sp³-hybridized carbons (Fsp3) is 0.200. The van der Waals surface area contributed by atoms with Gasteiger partial charge in [0.15, 0.2) is 0 Å². The van der Waals surface area contributed by atoms with Crippen molar-refractivity contribution < 1.29 is 12.8 Å². The summed E-state index contributed by atoms with van der Waals surface area (Å²) in [5.41, 5.74) is 0.715. The van der Waals surface area contributed by atoms with Gasteiger partial charge in [0.1, 0.15) is 4.21 Å². The van der Waals surface area contributed by atoms with Crippen LogP contribution in [-0.4, -0.2) is 18.6 Å². The van der Waals surface area contributed by atoms with E-state index in [9.17, 15) is 8.42 Å². The third-order valence-electron chi connectivity index (χ3n) is 3.22. The number of benzene rings is 1. The van der Waals surface area contributed by atoms with E-state index < -0.39 is 10.0 Å². The van der Waals surface area contributed by atoms with E-state index in [1.807, 2.05) is 13.0 Å². The Morgan fingerprint density at radius 3 is 2.58 bits per heavy atom. The lowest BCUT2D eigenvalue weighted by Gasteiger charge is -2.01. The molecule has 0 unspecified atom stereocenters. The fourth-order valence-electron chi connectivity index (χ4n) is 1.95. The zero-order valence-corrected chi connectivity index (χ0v) is 15.1. The Morgan fingerprint density at radius 2 is 1.92 bits per heavy atom. The normalized spacial score (nSPS) is 11.8. The van der Waals surface area contributed by atoms with Gasteiger partial charge in [-0.3, -0.25) is 0 Å². The van der Waals surface area contributed by atoms with Crippen LogP contribution in [0.4, 0.5) is 0 Å². The van der Waals surface area contributed by atoms with Crippen LogP contribution in [0.2, 0.25) is 5.02 Å². The second-order valence-corrected chi connectivity index (χ2v) is 8.51. The van der Waals surface area contributed by atoms with Crippen LogP contribution in [0.3, 0.4) is 0 Å². The number of aryl methyl sites for hydroxylation is 1. The molecule has 3 aromatic rings. The maximum Gasteiger partial charge on any atom is 0.250 e. The lowest BCUT2D eigenvalue weighted by Crippen LogP contribution is -2.22. The van der Waals surface area contributed by atoms with Crippen LogP contribution < -0.4 is 4.72 Å². The zero-order chi connectivity index (χ0) is 17.2. The van der Waals surface area contributed by atoms with Crippen molar-refractivity contribution in [1.29, 1.82) is 0 Å². The van der Waals surface area contributed by atoms with Gasteiger partial charge < -0.3 is 4.42 Å². The van der Waals surface area contributed by atoms with Gasteiger partial charge in [-0.2, -0.15) is 0 Å². The summed E-state index contributed by atoms with van der Waals surface area (Å²) < 4.78 is 32.7. The highest BCUT2D eigenvalue weighted by molar-refractivity contribution is 7.91. The first-order valence-electron chi connectivity index (χ1n) is 7.14. The van der Waals surface area contributed by atoms with E-state index in [1.54, 1.807) is 30.3 Å². The molecule has 2 aromatic heterocycles. The predicted molar refractivity (Wildman–Crippen MR) is 92.5 cm³/mol. The summed E-state index contributed by atoms with van der Waals surface area (Å²) in [5, 5.41) is 8.38. The number of sulfonamides is 1. The molecule has 2 heterocycles. The molecule has 0 aliphatic heterocycles. The number of aromatic nitrogens is 2. The van der Waals surface area contributed by atoms with Crippen LogP contribution in [0.1, 0.15) is 17.7 Å². The third kappa shape index (κ3) is 3.84. The Bertz CT molecular complexity index is 933. The van der Waals surface area contributed by atoms with E-state index in [1.165, 1.54) is 11.3 Å². The highest BCUT2D eigenvalue weighted by Crippen LogP contribution is 2.23. The maximum absolute atomic E-state index is 12.2. The summed E-state index contributed by atoms with van der Waals surface area (Å²) in [4.78, 5) is 1.01. The van der Waals surface area contributed by atoms with Crippen molar-refractivity contribution in [2.24, 2.45) is 0 Å². The molecule has 0 saturated heterocycles. The highest BCUT2D eigenvalue weighted by atomic mass is 35.5. The quantitative estimate of drug-likeness (QED) is 0.704. The van der Waals surface area contributed by atoms with E-state index in [0.717, 1.165) is 11.3 Å². The average Bonchev–Trinajstić information content (AvgIpc) is 3.23. The van der Waals surface area contributed by atoms with Crippen molar-refractivity contribution in [3.05, 3.63) is 52.2 Å². The van der Waals surface area contributed by atoms with Crippen molar-refractivity contribution in [1.82, 2.24) is 14.9 Å². The Balaban J connectivity index is 1.70. The Kier molecular flexibility index (Phi) is 5.00. The minimum atomic E-state index is -3.59. The molecule has 0 radical (unpaired) electrons. The second-order valence-electron chi connectivity index (χ2n) is 4.91. The minimum absolute atomic E-state index is 0.0672. The third-order valence-corrected chi connectivity index (χ3v) is 6.60. The van der Waals surface area contributed by atoms with Crippen molar-refractivity contribution in [2.45, 2.75) is 24.1 Å². The molecule has 0 aliphatic rings. The molecular weight excluding hydrogens is 370 g/mol. The Hall–Kier alpha value is -1.74. The molecule has 0 bridgehead atoms. The van der Waals surface area contributed by atoms with Crippen LogP contribution >= 0.6 is 22.9 Å². The summed E-state index contributed by atoms with van der Waals surface area (Å²) >= 11 is 7.08. The first-order chi connectivity index (χ1) is 11.5. The lowest BCUT2D eigenvalue weighted by atomic mass is 10.2. The van der Waals surface area contributed by atoms with Gasteiger partial charge in [-0.15, -0.1) is 21.5 Å². The molecule has 9 heteroatoms. The van der Waals surface area contributed by atoms with Gasteiger partial charge in [-0.25, -0.2) is 13.1 Å². The minimum Gasteiger partial charge on any atom is -0.419 e. The standard InChI is InChI=1S/C15H14ClN3O3S2/c1-2-12-7-8-14(23-12)24(20,21)17-9-13-18-19-15(22-13)10-3-5-11(16)6-4-10/h3-8,17H,2,9H2,1H3. The Morgan fingerprint density at radius 1 is 1.17 bits per heavy atom. The summed E-state index contributed by atoms with van der Waals surface area (Å²) in [6, 6.07) is 10.3. The molecule has 0 atom stereocenters. The van der Waals surface area contributed by atoms with E-state index in [-0.39, 0.29) is 16.6 Å².